The summed E-state index contributed by atoms with van der Waals surface area (Å²) in [5.74, 6) is -11.5. The number of hydrogen-bond acceptors (Lipinski definition) is 15. The summed E-state index contributed by atoms with van der Waals surface area (Å²) < 4.78 is 0. The van der Waals surface area contributed by atoms with Crippen LogP contribution in [0.1, 0.15) is 85.1 Å². The van der Waals surface area contributed by atoms with Gasteiger partial charge in [0.1, 0.15) is 54.1 Å². The van der Waals surface area contributed by atoms with Crippen molar-refractivity contribution in [1.29, 1.82) is 0 Å². The third-order valence-corrected chi connectivity index (χ3v) is 14.1. The molecule has 0 aromatic heterocycles. The van der Waals surface area contributed by atoms with E-state index >= 15 is 0 Å². The second-order valence-electron chi connectivity index (χ2n) is 18.0. The Morgan fingerprint density at radius 1 is 0.778 bits per heavy atom. The number of primary amides is 3. The van der Waals surface area contributed by atoms with Gasteiger partial charge in [0, 0.05) is 37.8 Å². The Bertz CT molecular complexity index is 2170. The van der Waals surface area contributed by atoms with Crippen LogP contribution < -0.4 is 59.7 Å². The number of rotatable bonds is 18. The van der Waals surface area contributed by atoms with Crippen LogP contribution in [0, 0.1) is 11.8 Å². The van der Waals surface area contributed by atoms with Gasteiger partial charge in [0.2, 0.25) is 70.9 Å². The summed E-state index contributed by atoms with van der Waals surface area (Å²) in [5.41, 5.74) is 16.6. The molecule has 25 nitrogen and oxygen atoms in total. The number of benzene rings is 1. The number of nitrogens with two attached hydrogens (primary N) is 3. The lowest BCUT2D eigenvalue weighted by molar-refractivity contribution is -0.142. The molecule has 0 bridgehead atoms. The summed E-state index contributed by atoms with van der Waals surface area (Å²) in [6.07, 6.45) is -0.906. The van der Waals surface area contributed by atoms with Crippen molar-refractivity contribution in [1.82, 2.24) is 47.4 Å². The summed E-state index contributed by atoms with van der Waals surface area (Å²) in [4.78, 5) is 162. The summed E-state index contributed by atoms with van der Waals surface area (Å²) in [6.45, 7) is 7.68. The number of amides is 12. The van der Waals surface area contributed by atoms with Gasteiger partial charge in [-0.1, -0.05) is 67.8 Å². The number of phenols is 1. The van der Waals surface area contributed by atoms with Crippen molar-refractivity contribution < 1.29 is 62.6 Å². The molecule has 12 amide bonds. The second-order valence-corrected chi connectivity index (χ2v) is 20.6. The average Bonchev–Trinajstić information content (AvgIpc) is 3.81. The van der Waals surface area contributed by atoms with E-state index in [0.717, 1.165) is 21.6 Å². The molecule has 0 radical (unpaired) electrons. The highest BCUT2D eigenvalue weighted by Gasteiger charge is 2.41. The second kappa shape index (κ2) is 29.0. The van der Waals surface area contributed by atoms with Gasteiger partial charge in [-0.15, -0.1) is 0 Å². The molecule has 15 N–H and O–H groups in total. The zero-order chi connectivity index (χ0) is 53.8. The first-order valence-corrected chi connectivity index (χ1v) is 25.9. The standard InChI is InChI=1S/C45H68N12O13S2/c1-6-23(4)37-44(69)51-27(13-14-34(46)60)39(64)53-30(18-35(47)61)40(65)55-32(45(70)57-15-7-8-33(57)43(68)54-28(16-22(2)3)38(63)49-19-36(48)62)21-72-71-20-31(50-24(5)58)42(67)52-29(41(66)56-37)17-25-9-11-26(59)12-10-25/h9-12,22-23,27-33,37,59H,6-8,13-21H2,1-5H3,(H2,46,60)(H2,47,61)(H2,48,62)(H,49,63)(H,50,58)(H,51,69)(H,52,67)(H,53,64)(H,54,68)(H,55,65)(H,56,66)/t23-,27?,28-,29-,30-,31?,32-,33-,37-/m0/s1. The topological polar surface area (TPSA) is 403 Å². The van der Waals surface area contributed by atoms with Crippen LogP contribution in [-0.2, 0) is 64.0 Å². The highest BCUT2D eigenvalue weighted by Crippen LogP contribution is 2.26. The van der Waals surface area contributed by atoms with Gasteiger partial charge in [0.15, 0.2) is 0 Å². The molecule has 2 aliphatic heterocycles. The first-order valence-electron chi connectivity index (χ1n) is 23.4. The maximum absolute atomic E-state index is 14.6. The third-order valence-electron chi connectivity index (χ3n) is 11.6. The Morgan fingerprint density at radius 3 is 1.99 bits per heavy atom. The summed E-state index contributed by atoms with van der Waals surface area (Å²) in [7, 11) is 1.95. The van der Waals surface area contributed by atoms with Crippen molar-refractivity contribution in [2.24, 2.45) is 29.0 Å². The zero-order valence-electron chi connectivity index (χ0n) is 40.9. The maximum Gasteiger partial charge on any atom is 0.246 e. The van der Waals surface area contributed by atoms with Gasteiger partial charge in [-0.05, 0) is 55.2 Å². The van der Waals surface area contributed by atoms with E-state index in [4.69, 9.17) is 17.2 Å². The van der Waals surface area contributed by atoms with Gasteiger partial charge in [-0.2, -0.15) is 0 Å². The van der Waals surface area contributed by atoms with Crippen LogP contribution in [0.3, 0.4) is 0 Å². The molecule has 0 spiro atoms. The van der Waals surface area contributed by atoms with Crippen molar-refractivity contribution in [2.45, 2.75) is 134 Å². The fourth-order valence-corrected chi connectivity index (χ4v) is 10.0. The fourth-order valence-electron chi connectivity index (χ4n) is 7.68. The molecule has 3 rings (SSSR count). The van der Waals surface area contributed by atoms with E-state index < -0.39 is 151 Å². The van der Waals surface area contributed by atoms with Crippen LogP contribution >= 0.6 is 21.6 Å². The largest absolute Gasteiger partial charge is 0.508 e. The molecule has 2 unspecified atom stereocenters. The van der Waals surface area contributed by atoms with Crippen LogP contribution in [0.25, 0.3) is 0 Å². The van der Waals surface area contributed by atoms with E-state index in [1.54, 1.807) is 27.7 Å². The zero-order valence-corrected chi connectivity index (χ0v) is 42.5. The minimum atomic E-state index is -1.78. The Kier molecular flexibility index (Phi) is 24.0. The number of carbonyl (C=O) groups is 12. The van der Waals surface area contributed by atoms with Gasteiger partial charge in [-0.25, -0.2) is 0 Å². The molecule has 27 heteroatoms. The predicted molar refractivity (Wildman–Crippen MR) is 264 cm³/mol. The molecule has 2 heterocycles. The lowest BCUT2D eigenvalue weighted by atomic mass is 9.96. The van der Waals surface area contributed by atoms with Crippen LogP contribution in [0.4, 0.5) is 0 Å². The Morgan fingerprint density at radius 2 is 1.39 bits per heavy atom. The molecule has 0 saturated carbocycles. The molecule has 9 atom stereocenters. The van der Waals surface area contributed by atoms with Crippen molar-refractivity contribution in [3.63, 3.8) is 0 Å². The van der Waals surface area contributed by atoms with Gasteiger partial charge in [0.05, 0.1) is 13.0 Å². The molecular formula is C45H68N12O13S2. The van der Waals surface area contributed by atoms with Crippen LogP contribution in [0.5, 0.6) is 5.75 Å². The Hall–Kier alpha value is -6.64. The number of nitrogens with one attached hydrogen (secondary N) is 8. The van der Waals surface area contributed by atoms with E-state index in [1.165, 1.54) is 36.1 Å². The number of hydrogen-bond donors (Lipinski definition) is 12. The van der Waals surface area contributed by atoms with Gasteiger partial charge in [-0.3, -0.25) is 57.5 Å². The summed E-state index contributed by atoms with van der Waals surface area (Å²) in [6, 6.07) is -5.48. The van der Waals surface area contributed by atoms with Crippen molar-refractivity contribution >= 4 is 92.5 Å². The summed E-state index contributed by atoms with van der Waals surface area (Å²) >= 11 is 0. The van der Waals surface area contributed by atoms with Gasteiger partial charge >= 0.3 is 0 Å². The highest BCUT2D eigenvalue weighted by molar-refractivity contribution is 8.76. The average molecular weight is 1050 g/mol. The smallest absolute Gasteiger partial charge is 0.246 e. The lowest BCUT2D eigenvalue weighted by Gasteiger charge is -2.31. The molecule has 2 fully saturated rings. The molecule has 1 aromatic carbocycles. The molecule has 1 aromatic rings. The van der Waals surface area contributed by atoms with Gasteiger partial charge in [0.25, 0.3) is 0 Å². The Balaban J connectivity index is 2.12. The minimum absolute atomic E-state index is 0.0216. The molecule has 398 valence electrons. The summed E-state index contributed by atoms with van der Waals surface area (Å²) in [5, 5.41) is 30.3. The van der Waals surface area contributed by atoms with Crippen molar-refractivity contribution in [3.05, 3.63) is 29.8 Å². The predicted octanol–water partition coefficient (Wildman–Crippen LogP) is -3.43. The first kappa shape index (κ1) is 59.7. The normalized spacial score (nSPS) is 23.7. The minimum Gasteiger partial charge on any atom is -0.508 e. The van der Waals surface area contributed by atoms with Crippen LogP contribution in [0.2, 0.25) is 0 Å². The van der Waals surface area contributed by atoms with Crippen molar-refractivity contribution in [2.75, 3.05) is 24.6 Å². The van der Waals surface area contributed by atoms with E-state index in [9.17, 15) is 62.6 Å². The number of aromatic hydroxyl groups is 1. The van der Waals surface area contributed by atoms with Crippen molar-refractivity contribution in [3.8, 4) is 5.75 Å². The first-order chi connectivity index (χ1) is 33.9. The fraction of sp³-hybridized carbons (Fsp3) is 0.600. The van der Waals surface area contributed by atoms with E-state index in [0.29, 0.717) is 18.4 Å². The molecule has 2 aliphatic rings. The van der Waals surface area contributed by atoms with E-state index in [-0.39, 0.29) is 49.0 Å². The monoisotopic (exact) mass is 1050 g/mol. The number of nitrogens with zero attached hydrogens (tertiary/aromatic N) is 1. The van der Waals surface area contributed by atoms with Gasteiger partial charge < -0.3 is 69.7 Å². The number of carbonyl (C=O) groups excluding carboxylic acids is 12. The quantitative estimate of drug-likeness (QED) is 0.0637. The maximum atomic E-state index is 14.6. The molecule has 0 aliphatic carbocycles. The molecule has 72 heavy (non-hydrogen) atoms. The third kappa shape index (κ3) is 19.5. The van der Waals surface area contributed by atoms with Crippen LogP contribution in [-0.4, -0.2) is 154 Å². The SMILES string of the molecule is CC[C@H](C)[C@@H]1NC(=O)[C@H](Cc2ccc(O)cc2)NC(=O)C(NC(C)=O)CSSC[C@@H](C(=O)N2CCC[C@H]2C(=O)N[C@@H](CC(C)C)C(=O)NCC(N)=O)NC(=O)[C@H](CC(N)=O)NC(=O)C(CCC(N)=O)NC1=O. The van der Waals surface area contributed by atoms with E-state index in [2.05, 4.69) is 42.5 Å². The van der Waals surface area contributed by atoms with E-state index in [1.807, 2.05) is 0 Å². The lowest BCUT2D eigenvalue weighted by Crippen LogP contribution is -2.62. The van der Waals surface area contributed by atoms with Crippen LogP contribution in [0.15, 0.2) is 24.3 Å². The molecule has 2 saturated heterocycles. The Labute approximate surface area is 424 Å². The highest BCUT2D eigenvalue weighted by atomic mass is 33.1. The molecular weight excluding hydrogens is 981 g/mol. The number of phenolic OH excluding ortho intramolecular Hbond substituents is 1. The number of likely N-dealkylation sites (tertiary alicyclic amines) is 1.